The van der Waals surface area contributed by atoms with E-state index in [0.29, 0.717) is 13.1 Å². The predicted molar refractivity (Wildman–Crippen MR) is 58.3 cm³/mol. The van der Waals surface area contributed by atoms with Crippen LogP contribution in [0.5, 0.6) is 0 Å². The zero-order valence-corrected chi connectivity index (χ0v) is 10.2. The van der Waals surface area contributed by atoms with Gasteiger partial charge in [-0.05, 0) is 25.7 Å². The number of nitrogens with zero attached hydrogens (tertiary/aromatic N) is 1. The first-order chi connectivity index (χ1) is 7.50. The van der Waals surface area contributed by atoms with Crippen LogP contribution in [0, 0.1) is 0 Å². The van der Waals surface area contributed by atoms with Gasteiger partial charge >= 0.3 is 5.97 Å². The molecule has 0 aromatic carbocycles. The molecule has 0 bridgehead atoms. The molecule has 1 heterocycles. The maximum atomic E-state index is 12.0. The molecule has 1 aliphatic carbocycles. The van der Waals surface area contributed by atoms with Crippen LogP contribution >= 0.6 is 0 Å². The molecule has 1 saturated heterocycles. The van der Waals surface area contributed by atoms with Gasteiger partial charge in [-0.1, -0.05) is 0 Å². The summed E-state index contributed by atoms with van der Waals surface area (Å²) in [7, 11) is -3.12. The van der Waals surface area contributed by atoms with Gasteiger partial charge in [0.1, 0.15) is 6.10 Å². The van der Waals surface area contributed by atoms with Crippen molar-refractivity contribution >= 4 is 16.0 Å². The smallest absolute Gasteiger partial charge is 0.302 e. The Morgan fingerprint density at radius 3 is 2.56 bits per heavy atom. The van der Waals surface area contributed by atoms with Crippen LogP contribution in [0.15, 0.2) is 0 Å². The second-order valence-corrected chi connectivity index (χ2v) is 6.69. The molecule has 16 heavy (non-hydrogen) atoms. The summed E-state index contributed by atoms with van der Waals surface area (Å²) in [6.07, 6.45) is 2.81. The minimum absolute atomic E-state index is 0.177. The Labute approximate surface area is 95.8 Å². The van der Waals surface area contributed by atoms with Crippen molar-refractivity contribution in [3.8, 4) is 0 Å². The van der Waals surface area contributed by atoms with E-state index in [-0.39, 0.29) is 17.3 Å². The number of esters is 1. The number of rotatable bonds is 3. The first-order valence-corrected chi connectivity index (χ1v) is 7.16. The molecule has 0 spiro atoms. The molecule has 2 fully saturated rings. The van der Waals surface area contributed by atoms with Gasteiger partial charge in [-0.25, -0.2) is 8.42 Å². The molecule has 92 valence electrons. The van der Waals surface area contributed by atoms with Gasteiger partial charge in [-0.2, -0.15) is 4.31 Å². The van der Waals surface area contributed by atoms with Crippen molar-refractivity contribution < 1.29 is 17.9 Å². The highest BCUT2D eigenvalue weighted by Crippen LogP contribution is 2.32. The van der Waals surface area contributed by atoms with Crippen molar-refractivity contribution in [1.29, 1.82) is 0 Å². The molecule has 2 aliphatic rings. The van der Waals surface area contributed by atoms with E-state index in [4.69, 9.17) is 4.74 Å². The van der Waals surface area contributed by atoms with E-state index >= 15 is 0 Å². The normalized spacial score (nSPS) is 27.7. The van der Waals surface area contributed by atoms with Gasteiger partial charge in [-0.15, -0.1) is 0 Å². The lowest BCUT2D eigenvalue weighted by molar-refractivity contribution is -0.147. The maximum absolute atomic E-state index is 12.0. The quantitative estimate of drug-likeness (QED) is 0.681. The summed E-state index contributed by atoms with van der Waals surface area (Å²) >= 11 is 0. The number of hydrogen-bond acceptors (Lipinski definition) is 4. The van der Waals surface area contributed by atoms with Crippen molar-refractivity contribution in [2.75, 3.05) is 13.1 Å². The summed E-state index contributed by atoms with van der Waals surface area (Å²) in [5, 5.41) is -0.177. The third-order valence-corrected chi connectivity index (χ3v) is 5.34. The van der Waals surface area contributed by atoms with Crippen molar-refractivity contribution in [2.24, 2.45) is 0 Å². The Balaban J connectivity index is 1.98. The minimum atomic E-state index is -3.12. The van der Waals surface area contributed by atoms with Crippen LogP contribution in [0.2, 0.25) is 0 Å². The van der Waals surface area contributed by atoms with E-state index in [2.05, 4.69) is 0 Å². The molecule has 5 nitrogen and oxygen atoms in total. The van der Waals surface area contributed by atoms with Gasteiger partial charge in [0.15, 0.2) is 0 Å². The van der Waals surface area contributed by atoms with Crippen LogP contribution in [-0.2, 0) is 19.6 Å². The molecule has 1 atom stereocenters. The highest BCUT2D eigenvalue weighted by atomic mass is 32.2. The first-order valence-electron chi connectivity index (χ1n) is 5.66. The summed E-state index contributed by atoms with van der Waals surface area (Å²) in [5.74, 6) is -0.337. The van der Waals surface area contributed by atoms with Gasteiger partial charge in [0.25, 0.3) is 0 Å². The molecule has 6 heteroatoms. The Morgan fingerprint density at radius 1 is 1.31 bits per heavy atom. The molecule has 0 aromatic heterocycles. The number of ether oxygens (including phenoxy) is 1. The van der Waals surface area contributed by atoms with E-state index in [1.165, 1.54) is 11.2 Å². The lowest BCUT2D eigenvalue weighted by Crippen LogP contribution is -2.44. The zero-order chi connectivity index (χ0) is 11.8. The van der Waals surface area contributed by atoms with Crippen molar-refractivity contribution in [3.63, 3.8) is 0 Å². The lowest BCUT2D eigenvalue weighted by Gasteiger charge is -2.31. The Hall–Kier alpha value is -0.620. The monoisotopic (exact) mass is 247 g/mol. The van der Waals surface area contributed by atoms with Crippen LogP contribution in [0.3, 0.4) is 0 Å². The fraction of sp³-hybridized carbons (Fsp3) is 0.900. The van der Waals surface area contributed by atoms with Crippen molar-refractivity contribution in [3.05, 3.63) is 0 Å². The number of piperidine rings is 1. The number of carbonyl (C=O) groups excluding carboxylic acids is 1. The zero-order valence-electron chi connectivity index (χ0n) is 9.39. The van der Waals surface area contributed by atoms with E-state index in [1.54, 1.807) is 0 Å². The standard InChI is InChI=1S/C10H17NO4S/c1-8(12)15-9-3-2-6-11(7-9)16(13,14)10-4-5-10/h9-10H,2-7H2,1H3. The summed E-state index contributed by atoms with van der Waals surface area (Å²) in [4.78, 5) is 10.8. The van der Waals surface area contributed by atoms with Gasteiger partial charge in [-0.3, -0.25) is 4.79 Å². The minimum Gasteiger partial charge on any atom is -0.461 e. The number of carbonyl (C=O) groups is 1. The highest BCUT2D eigenvalue weighted by molar-refractivity contribution is 7.90. The van der Waals surface area contributed by atoms with E-state index in [9.17, 15) is 13.2 Å². The van der Waals surface area contributed by atoms with E-state index in [1.807, 2.05) is 0 Å². The van der Waals surface area contributed by atoms with Crippen LogP contribution in [0.25, 0.3) is 0 Å². The molecule has 0 aromatic rings. The summed E-state index contributed by atoms with van der Waals surface area (Å²) < 4.78 is 30.5. The predicted octanol–water partition coefficient (Wildman–Crippen LogP) is 0.506. The molecule has 0 N–H and O–H groups in total. The van der Waals surface area contributed by atoms with Crippen molar-refractivity contribution in [2.45, 2.75) is 44.0 Å². The SMILES string of the molecule is CC(=O)OC1CCCN(S(=O)(=O)C2CC2)C1. The molecule has 1 aliphatic heterocycles. The third-order valence-electron chi connectivity index (χ3n) is 2.98. The Bertz CT molecular complexity index is 374. The van der Waals surface area contributed by atoms with Crippen LogP contribution in [-0.4, -0.2) is 43.1 Å². The highest BCUT2D eigenvalue weighted by Gasteiger charge is 2.41. The van der Waals surface area contributed by atoms with Crippen LogP contribution in [0.4, 0.5) is 0 Å². The number of sulfonamides is 1. The average Bonchev–Trinajstić information content (AvgIpc) is 3.00. The van der Waals surface area contributed by atoms with E-state index in [0.717, 1.165) is 25.7 Å². The Morgan fingerprint density at radius 2 is 2.00 bits per heavy atom. The topological polar surface area (TPSA) is 63.7 Å². The maximum Gasteiger partial charge on any atom is 0.302 e. The third kappa shape index (κ3) is 2.55. The first kappa shape index (κ1) is 11.9. The van der Waals surface area contributed by atoms with Gasteiger partial charge in [0.2, 0.25) is 10.0 Å². The van der Waals surface area contributed by atoms with Crippen LogP contribution in [0.1, 0.15) is 32.6 Å². The van der Waals surface area contributed by atoms with Crippen LogP contribution < -0.4 is 0 Å². The van der Waals surface area contributed by atoms with Gasteiger partial charge < -0.3 is 4.74 Å². The fourth-order valence-electron chi connectivity index (χ4n) is 2.04. The molecule has 0 radical (unpaired) electrons. The number of hydrogen-bond donors (Lipinski definition) is 0. The van der Waals surface area contributed by atoms with Gasteiger partial charge in [0.05, 0.1) is 11.8 Å². The second kappa shape index (κ2) is 4.33. The Kier molecular flexibility index (Phi) is 3.21. The van der Waals surface area contributed by atoms with Crippen molar-refractivity contribution in [1.82, 2.24) is 4.31 Å². The lowest BCUT2D eigenvalue weighted by atomic mass is 10.1. The molecule has 2 rings (SSSR count). The molecule has 0 amide bonds. The summed E-state index contributed by atoms with van der Waals surface area (Å²) in [6.45, 7) is 2.25. The molecular weight excluding hydrogens is 230 g/mol. The molecule has 1 unspecified atom stereocenters. The van der Waals surface area contributed by atoms with E-state index < -0.39 is 10.0 Å². The summed E-state index contributed by atoms with van der Waals surface area (Å²) in [6, 6.07) is 0. The fourth-order valence-corrected chi connectivity index (χ4v) is 3.95. The largest absolute Gasteiger partial charge is 0.461 e. The molecule has 1 saturated carbocycles. The van der Waals surface area contributed by atoms with Gasteiger partial charge in [0, 0.05) is 13.5 Å². The second-order valence-electron chi connectivity index (χ2n) is 4.48. The molecular formula is C10H17NO4S. The summed E-state index contributed by atoms with van der Waals surface area (Å²) in [5.41, 5.74) is 0. The average molecular weight is 247 g/mol.